The molecule has 0 aromatic carbocycles. The molecular formula is C14H25N3S. The van der Waals surface area contributed by atoms with Gasteiger partial charge in [-0.05, 0) is 12.3 Å². The summed E-state index contributed by atoms with van der Waals surface area (Å²) < 4.78 is 0. The van der Waals surface area contributed by atoms with Crippen molar-refractivity contribution in [3.05, 3.63) is 16.6 Å². The molecule has 0 spiro atoms. The van der Waals surface area contributed by atoms with Gasteiger partial charge in [0.2, 0.25) is 0 Å². The molecular weight excluding hydrogens is 242 g/mol. The van der Waals surface area contributed by atoms with Crippen LogP contribution in [0.4, 0.5) is 0 Å². The first-order chi connectivity index (χ1) is 8.74. The highest BCUT2D eigenvalue weighted by Gasteiger charge is 2.30. The Morgan fingerprint density at radius 3 is 3.00 bits per heavy atom. The molecule has 0 aliphatic carbocycles. The Labute approximate surface area is 115 Å². The van der Waals surface area contributed by atoms with E-state index in [1.165, 1.54) is 24.3 Å². The molecule has 1 aromatic heterocycles. The fourth-order valence-corrected chi connectivity index (χ4v) is 3.33. The maximum Gasteiger partial charge on any atom is 0.0794 e. The topological polar surface area (TPSA) is 28.2 Å². The van der Waals surface area contributed by atoms with E-state index in [1.807, 2.05) is 11.7 Å². The Bertz CT molecular complexity index is 339. The molecule has 3 unspecified atom stereocenters. The van der Waals surface area contributed by atoms with Gasteiger partial charge in [0, 0.05) is 42.8 Å². The van der Waals surface area contributed by atoms with Crippen molar-refractivity contribution in [3.8, 4) is 0 Å². The van der Waals surface area contributed by atoms with Gasteiger partial charge in [-0.15, -0.1) is 11.3 Å². The summed E-state index contributed by atoms with van der Waals surface area (Å²) in [6.45, 7) is 10.3. The van der Waals surface area contributed by atoms with E-state index < -0.39 is 0 Å². The minimum Gasteiger partial charge on any atom is -0.311 e. The van der Waals surface area contributed by atoms with Crippen LogP contribution in [0.25, 0.3) is 0 Å². The van der Waals surface area contributed by atoms with Crippen LogP contribution in [0.1, 0.15) is 38.5 Å². The van der Waals surface area contributed by atoms with E-state index >= 15 is 0 Å². The summed E-state index contributed by atoms with van der Waals surface area (Å²) in [5.41, 5.74) is 1.94. The zero-order valence-electron chi connectivity index (χ0n) is 11.7. The van der Waals surface area contributed by atoms with Crippen molar-refractivity contribution in [3.63, 3.8) is 0 Å². The van der Waals surface area contributed by atoms with Crippen molar-refractivity contribution in [1.82, 2.24) is 15.2 Å². The van der Waals surface area contributed by atoms with Gasteiger partial charge >= 0.3 is 0 Å². The summed E-state index contributed by atoms with van der Waals surface area (Å²) in [7, 11) is 0. The van der Waals surface area contributed by atoms with Crippen LogP contribution < -0.4 is 5.32 Å². The summed E-state index contributed by atoms with van der Waals surface area (Å²) >= 11 is 1.77. The fraction of sp³-hybridized carbons (Fsp3) is 0.786. The van der Waals surface area contributed by atoms with Crippen molar-refractivity contribution in [1.29, 1.82) is 0 Å². The Hall–Kier alpha value is -0.450. The van der Waals surface area contributed by atoms with Gasteiger partial charge in [0.25, 0.3) is 0 Å². The van der Waals surface area contributed by atoms with Crippen LogP contribution >= 0.6 is 11.3 Å². The van der Waals surface area contributed by atoms with E-state index in [-0.39, 0.29) is 0 Å². The van der Waals surface area contributed by atoms with E-state index in [4.69, 9.17) is 0 Å². The highest BCUT2D eigenvalue weighted by molar-refractivity contribution is 7.09. The summed E-state index contributed by atoms with van der Waals surface area (Å²) in [6, 6.07) is 1.32. The molecule has 1 fully saturated rings. The van der Waals surface area contributed by atoms with E-state index in [9.17, 15) is 0 Å². The molecule has 0 amide bonds. The Balaban J connectivity index is 2.03. The third-order valence-corrected chi connectivity index (χ3v) is 4.94. The third-order valence-electron chi connectivity index (χ3n) is 4.18. The second kappa shape index (κ2) is 6.64. The SMILES string of the molecule is CCC1CN(Cc2cncs2)C(C(C)CC)CN1. The Morgan fingerprint density at radius 1 is 1.56 bits per heavy atom. The molecule has 3 atom stereocenters. The van der Waals surface area contributed by atoms with Gasteiger partial charge in [-0.2, -0.15) is 0 Å². The molecule has 1 aromatic rings. The molecule has 1 N–H and O–H groups in total. The quantitative estimate of drug-likeness (QED) is 0.889. The Kier molecular flexibility index (Phi) is 5.15. The van der Waals surface area contributed by atoms with E-state index in [1.54, 1.807) is 11.3 Å². The first-order valence-electron chi connectivity index (χ1n) is 7.09. The first-order valence-corrected chi connectivity index (χ1v) is 7.97. The zero-order chi connectivity index (χ0) is 13.0. The number of hydrogen-bond acceptors (Lipinski definition) is 4. The minimum absolute atomic E-state index is 0.651. The molecule has 4 heteroatoms. The van der Waals surface area contributed by atoms with Crippen molar-refractivity contribution >= 4 is 11.3 Å². The third kappa shape index (κ3) is 3.31. The predicted molar refractivity (Wildman–Crippen MR) is 77.8 cm³/mol. The molecule has 18 heavy (non-hydrogen) atoms. The first kappa shape index (κ1) is 14.0. The van der Waals surface area contributed by atoms with Crippen molar-refractivity contribution < 1.29 is 0 Å². The second-order valence-electron chi connectivity index (χ2n) is 5.36. The molecule has 1 aliphatic rings. The van der Waals surface area contributed by atoms with Crippen molar-refractivity contribution in [2.24, 2.45) is 5.92 Å². The van der Waals surface area contributed by atoms with Crippen molar-refractivity contribution in [2.75, 3.05) is 13.1 Å². The molecule has 102 valence electrons. The minimum atomic E-state index is 0.651. The Morgan fingerprint density at radius 2 is 2.39 bits per heavy atom. The normalized spacial score (nSPS) is 27.3. The van der Waals surface area contributed by atoms with Gasteiger partial charge in [-0.25, -0.2) is 0 Å². The molecule has 0 bridgehead atoms. The number of rotatable bonds is 5. The average molecular weight is 267 g/mol. The van der Waals surface area contributed by atoms with E-state index in [0.717, 1.165) is 19.0 Å². The van der Waals surface area contributed by atoms with E-state index in [2.05, 4.69) is 36.0 Å². The second-order valence-corrected chi connectivity index (χ2v) is 6.33. The molecule has 2 rings (SSSR count). The van der Waals surface area contributed by atoms with Gasteiger partial charge in [-0.1, -0.05) is 27.2 Å². The molecule has 1 aliphatic heterocycles. The van der Waals surface area contributed by atoms with Gasteiger partial charge in [0.05, 0.1) is 5.51 Å². The van der Waals surface area contributed by atoms with E-state index in [0.29, 0.717) is 12.1 Å². The molecule has 3 nitrogen and oxygen atoms in total. The summed E-state index contributed by atoms with van der Waals surface area (Å²) in [6.07, 6.45) is 4.48. The summed E-state index contributed by atoms with van der Waals surface area (Å²) in [4.78, 5) is 8.24. The van der Waals surface area contributed by atoms with Crippen LogP contribution in [-0.4, -0.2) is 35.1 Å². The van der Waals surface area contributed by atoms with Crippen LogP contribution in [0.15, 0.2) is 11.7 Å². The van der Waals surface area contributed by atoms with Crippen LogP contribution in [0.3, 0.4) is 0 Å². The molecule has 0 radical (unpaired) electrons. The highest BCUT2D eigenvalue weighted by Crippen LogP contribution is 2.22. The van der Waals surface area contributed by atoms with Gasteiger partial charge in [0.15, 0.2) is 0 Å². The lowest BCUT2D eigenvalue weighted by Crippen LogP contribution is -2.57. The monoisotopic (exact) mass is 267 g/mol. The number of nitrogens with zero attached hydrogens (tertiary/aromatic N) is 2. The van der Waals surface area contributed by atoms with Gasteiger partial charge in [0.1, 0.15) is 0 Å². The van der Waals surface area contributed by atoms with Gasteiger partial charge < -0.3 is 5.32 Å². The average Bonchev–Trinajstić information content (AvgIpc) is 2.90. The molecule has 0 saturated carbocycles. The fourth-order valence-electron chi connectivity index (χ4n) is 2.71. The van der Waals surface area contributed by atoms with Crippen LogP contribution in [0.5, 0.6) is 0 Å². The summed E-state index contributed by atoms with van der Waals surface area (Å²) in [5.74, 6) is 0.753. The lowest BCUT2D eigenvalue weighted by atomic mass is 9.94. The van der Waals surface area contributed by atoms with Crippen LogP contribution in [-0.2, 0) is 6.54 Å². The lowest BCUT2D eigenvalue weighted by molar-refractivity contribution is 0.0842. The molecule has 1 saturated heterocycles. The predicted octanol–water partition coefficient (Wildman–Crippen LogP) is 2.74. The zero-order valence-corrected chi connectivity index (χ0v) is 12.5. The number of thiazole rings is 1. The number of nitrogens with one attached hydrogen (secondary N) is 1. The van der Waals surface area contributed by atoms with Crippen LogP contribution in [0, 0.1) is 5.92 Å². The number of aromatic nitrogens is 1. The van der Waals surface area contributed by atoms with Crippen molar-refractivity contribution in [2.45, 2.75) is 52.2 Å². The maximum absolute atomic E-state index is 4.19. The smallest absolute Gasteiger partial charge is 0.0794 e. The number of piperazine rings is 1. The van der Waals surface area contributed by atoms with Gasteiger partial charge in [-0.3, -0.25) is 9.88 Å². The summed E-state index contributed by atoms with van der Waals surface area (Å²) in [5, 5.41) is 3.69. The maximum atomic E-state index is 4.19. The largest absolute Gasteiger partial charge is 0.311 e. The standard InChI is InChI=1S/C14H25N3S/c1-4-11(3)14-7-16-12(5-2)8-17(14)9-13-6-15-10-18-13/h6,10-12,14,16H,4-5,7-9H2,1-3H3. The van der Waals surface area contributed by atoms with Crippen LogP contribution in [0.2, 0.25) is 0 Å². The lowest BCUT2D eigenvalue weighted by Gasteiger charge is -2.42. The molecule has 2 heterocycles. The highest BCUT2D eigenvalue weighted by atomic mass is 32.1. The number of hydrogen-bond donors (Lipinski definition) is 1.